The lowest BCUT2D eigenvalue weighted by molar-refractivity contribution is -0.168. The van der Waals surface area contributed by atoms with Crippen LogP contribution in [0.5, 0.6) is 0 Å². The van der Waals surface area contributed by atoms with Crippen LogP contribution in [0.3, 0.4) is 0 Å². The highest BCUT2D eigenvalue weighted by Crippen LogP contribution is 2.65. The van der Waals surface area contributed by atoms with E-state index in [0.717, 1.165) is 68.9 Å². The van der Waals surface area contributed by atoms with Crippen molar-refractivity contribution in [3.8, 4) is 0 Å². The molecule has 0 heterocycles. The molecule has 0 radical (unpaired) electrons. The Kier molecular flexibility index (Phi) is 7.14. The molecule has 0 aromatic carbocycles. The topological polar surface area (TPSA) is 58.2 Å². The van der Waals surface area contributed by atoms with Crippen molar-refractivity contribution < 1.29 is 9.59 Å². The van der Waals surface area contributed by atoms with Gasteiger partial charge in [0.15, 0.2) is 0 Å². The predicted molar refractivity (Wildman–Crippen MR) is 155 cm³/mol. The molecule has 0 saturated heterocycles. The van der Waals surface area contributed by atoms with Crippen LogP contribution in [-0.2, 0) is 9.59 Å². The molecule has 0 atom stereocenters. The van der Waals surface area contributed by atoms with Crippen LogP contribution in [0.15, 0.2) is 0 Å². The highest BCUT2D eigenvalue weighted by molar-refractivity contribution is 6.77. The van der Waals surface area contributed by atoms with Gasteiger partial charge in [0.2, 0.25) is 11.8 Å². The zero-order valence-electron chi connectivity index (χ0n) is 24.2. The molecule has 0 aromatic rings. The molecule has 2 amide bonds. The van der Waals surface area contributed by atoms with Crippen molar-refractivity contribution in [1.82, 2.24) is 10.6 Å². The lowest BCUT2D eigenvalue weighted by Crippen LogP contribution is -2.62. The molecule has 6 fully saturated rings. The van der Waals surface area contributed by atoms with Crippen LogP contribution in [0.2, 0.25) is 50.4 Å². The maximum absolute atomic E-state index is 13.9. The van der Waals surface area contributed by atoms with Gasteiger partial charge in [0.25, 0.3) is 0 Å². The minimum atomic E-state index is -1.09. The summed E-state index contributed by atoms with van der Waals surface area (Å²) < 4.78 is 0. The van der Waals surface area contributed by atoms with E-state index in [-0.39, 0.29) is 10.8 Å². The first-order chi connectivity index (χ1) is 16.8. The van der Waals surface area contributed by atoms with Crippen molar-refractivity contribution >= 4 is 28.0 Å². The third-order valence-corrected chi connectivity index (χ3v) is 17.7. The van der Waals surface area contributed by atoms with Gasteiger partial charge in [0.05, 0.1) is 10.8 Å². The van der Waals surface area contributed by atoms with Crippen molar-refractivity contribution in [2.75, 3.05) is 0 Å². The van der Waals surface area contributed by atoms with Gasteiger partial charge in [-0.1, -0.05) is 65.0 Å². The van der Waals surface area contributed by atoms with E-state index in [9.17, 15) is 9.59 Å². The van der Waals surface area contributed by atoms with Crippen LogP contribution in [0.4, 0.5) is 0 Å². The largest absolute Gasteiger partial charge is 0.353 e. The minimum Gasteiger partial charge on any atom is -0.353 e. The number of hydrogen-bond acceptors (Lipinski definition) is 2. The lowest BCUT2D eigenvalue weighted by atomic mass is 9.43. The average Bonchev–Trinajstić information content (AvgIpc) is 2.78. The van der Waals surface area contributed by atoms with Crippen LogP contribution < -0.4 is 10.6 Å². The summed E-state index contributed by atoms with van der Waals surface area (Å²) in [5, 5.41) is 7.11. The second kappa shape index (κ2) is 9.53. The Morgan fingerprint density at radius 1 is 0.583 bits per heavy atom. The van der Waals surface area contributed by atoms with Crippen molar-refractivity contribution in [3.05, 3.63) is 0 Å². The molecule has 204 valence electrons. The van der Waals surface area contributed by atoms with Crippen LogP contribution >= 0.6 is 0 Å². The molecule has 6 aliphatic carbocycles. The highest BCUT2D eigenvalue weighted by Gasteiger charge is 2.63. The van der Waals surface area contributed by atoms with Crippen molar-refractivity contribution in [1.29, 1.82) is 0 Å². The number of nitrogens with one attached hydrogen (secondary N) is 2. The second-order valence-electron chi connectivity index (χ2n) is 16.3. The fourth-order valence-corrected chi connectivity index (χ4v) is 13.8. The van der Waals surface area contributed by atoms with Crippen LogP contribution in [0, 0.1) is 22.7 Å². The van der Waals surface area contributed by atoms with Crippen molar-refractivity contribution in [2.45, 2.75) is 152 Å². The smallest absolute Gasteiger partial charge is 0.226 e. The zero-order valence-corrected chi connectivity index (χ0v) is 26.2. The second-order valence-corrected chi connectivity index (χ2v) is 27.4. The number of hydrogen-bond donors (Lipinski definition) is 2. The average molecular weight is 531 g/mol. The van der Waals surface area contributed by atoms with E-state index in [1.54, 1.807) is 0 Å². The summed E-state index contributed by atoms with van der Waals surface area (Å²) in [5.41, 5.74) is 1.23. The first-order valence-corrected chi connectivity index (χ1v) is 22.6. The van der Waals surface area contributed by atoms with Gasteiger partial charge in [-0.3, -0.25) is 9.59 Å². The van der Waals surface area contributed by atoms with Gasteiger partial charge < -0.3 is 10.6 Å². The maximum atomic E-state index is 13.9. The molecule has 0 aliphatic heterocycles. The van der Waals surface area contributed by atoms with E-state index in [0.29, 0.717) is 35.7 Å². The van der Waals surface area contributed by atoms with E-state index in [2.05, 4.69) is 49.9 Å². The summed E-state index contributed by atoms with van der Waals surface area (Å²) in [6, 6.07) is 0.703. The van der Waals surface area contributed by atoms with E-state index in [4.69, 9.17) is 0 Å². The number of carbonyl (C=O) groups excluding carboxylic acids is 2. The van der Waals surface area contributed by atoms with E-state index >= 15 is 0 Å². The Labute approximate surface area is 222 Å². The summed E-state index contributed by atoms with van der Waals surface area (Å²) in [5.74, 6) is 1.74. The highest BCUT2D eigenvalue weighted by atomic mass is 28.3. The Balaban J connectivity index is 1.21. The number of rotatable bonds is 6. The summed E-state index contributed by atoms with van der Waals surface area (Å²) in [6.45, 7) is 15.0. The molecular weight excluding hydrogens is 477 g/mol. The van der Waals surface area contributed by atoms with Gasteiger partial charge >= 0.3 is 0 Å². The number of amides is 2. The van der Waals surface area contributed by atoms with Gasteiger partial charge in [-0.15, -0.1) is 0 Å². The summed E-state index contributed by atoms with van der Waals surface area (Å²) >= 11 is 0. The normalized spacial score (nSPS) is 42.7. The molecule has 0 aromatic heterocycles. The monoisotopic (exact) mass is 530 g/mol. The maximum Gasteiger partial charge on any atom is 0.226 e. The standard InChI is InChI=1S/C30H54N2O2Si2/c1-35(2,3)25-11-7-23(8-12-25)31-27(33)29-16-21-15-22(17-29)19-30(18-21,20-29)28(34)32-24-9-13-26(14-10-24)36(4,5)6/h21-26H,7-20H2,1-6H3,(H,31,33)(H,32,34). The minimum absolute atomic E-state index is 0.285. The van der Waals surface area contributed by atoms with E-state index in [1.807, 2.05) is 0 Å². The Morgan fingerprint density at radius 2 is 0.917 bits per heavy atom. The first kappa shape index (κ1) is 27.0. The summed E-state index contributed by atoms with van der Waals surface area (Å²) in [4.78, 5) is 27.8. The predicted octanol–water partition coefficient (Wildman–Crippen LogP) is 7.11. The van der Waals surface area contributed by atoms with E-state index < -0.39 is 16.1 Å². The molecular formula is C30H54N2O2Si2. The van der Waals surface area contributed by atoms with Gasteiger partial charge in [0, 0.05) is 28.2 Å². The van der Waals surface area contributed by atoms with Gasteiger partial charge in [-0.05, 0) is 87.1 Å². The van der Waals surface area contributed by atoms with E-state index in [1.165, 1.54) is 32.1 Å². The molecule has 2 N–H and O–H groups in total. The SMILES string of the molecule is C[Si](C)(C)C1CCC(NC(=O)C23CC4CC(C2)CC(C(=O)NC2CCC([Si](C)(C)C)CC2)(C4)C3)CC1. The molecule has 6 aliphatic rings. The molecule has 0 unspecified atom stereocenters. The zero-order chi connectivity index (χ0) is 25.9. The number of carbonyl (C=O) groups is 2. The lowest BCUT2D eigenvalue weighted by Gasteiger charge is -2.60. The quantitative estimate of drug-likeness (QED) is 0.360. The van der Waals surface area contributed by atoms with Crippen molar-refractivity contribution in [3.63, 3.8) is 0 Å². The Bertz CT molecular complexity index is 764. The summed E-state index contributed by atoms with van der Waals surface area (Å²) in [7, 11) is -2.19. The molecule has 6 rings (SSSR count). The summed E-state index contributed by atoms with van der Waals surface area (Å²) in [6.07, 6.45) is 15.9. The van der Waals surface area contributed by atoms with Crippen LogP contribution in [0.25, 0.3) is 0 Å². The molecule has 4 nitrogen and oxygen atoms in total. The molecule has 6 heteroatoms. The van der Waals surface area contributed by atoms with Crippen LogP contribution in [0.1, 0.15) is 89.9 Å². The molecule has 36 heavy (non-hydrogen) atoms. The molecule has 4 bridgehead atoms. The third-order valence-electron chi connectivity index (χ3n) is 11.6. The van der Waals surface area contributed by atoms with Crippen LogP contribution in [-0.4, -0.2) is 40.0 Å². The Hall–Kier alpha value is -0.626. The van der Waals surface area contributed by atoms with Gasteiger partial charge in [-0.25, -0.2) is 0 Å². The van der Waals surface area contributed by atoms with Crippen molar-refractivity contribution in [2.24, 2.45) is 22.7 Å². The fraction of sp³-hybridized carbons (Fsp3) is 0.933. The third kappa shape index (κ3) is 5.28. The van der Waals surface area contributed by atoms with Gasteiger partial charge in [0.1, 0.15) is 0 Å². The fourth-order valence-electron chi connectivity index (χ4n) is 9.68. The Morgan fingerprint density at radius 3 is 1.22 bits per heavy atom. The first-order valence-electron chi connectivity index (χ1n) is 15.4. The molecule has 6 saturated carbocycles. The van der Waals surface area contributed by atoms with Gasteiger partial charge in [-0.2, -0.15) is 0 Å². The molecule has 0 spiro atoms.